The fourth-order valence-electron chi connectivity index (χ4n) is 3.15. The Labute approximate surface area is 122 Å². The van der Waals surface area contributed by atoms with E-state index >= 15 is 0 Å². The summed E-state index contributed by atoms with van der Waals surface area (Å²) in [6.45, 7) is 8.17. The smallest absolute Gasteiger partial charge is 0.129 e. The Morgan fingerprint density at radius 2 is 2.00 bits per heavy atom. The second kappa shape index (κ2) is 4.83. The van der Waals surface area contributed by atoms with Crippen molar-refractivity contribution in [1.82, 2.24) is 0 Å². The largest absolute Gasteiger partial charge is 0.369 e. The van der Waals surface area contributed by atoms with Gasteiger partial charge in [0.1, 0.15) is 5.82 Å². The Morgan fingerprint density at radius 1 is 1.37 bits per heavy atom. The highest BCUT2D eigenvalue weighted by Crippen LogP contribution is 2.47. The second-order valence-electron chi connectivity index (χ2n) is 6.47. The highest BCUT2D eigenvalue weighted by atomic mass is 79.9. The zero-order valence-electron chi connectivity index (χ0n) is 11.8. The zero-order valence-corrected chi connectivity index (χ0v) is 13.4. The first kappa shape index (κ1) is 14.9. The molecule has 2 nitrogen and oxygen atoms in total. The van der Waals surface area contributed by atoms with Crippen LogP contribution in [0.3, 0.4) is 0 Å². The molecule has 1 aliphatic heterocycles. The minimum absolute atomic E-state index is 0.0955. The third-order valence-electron chi connectivity index (χ3n) is 3.90. The average molecular weight is 330 g/mol. The fraction of sp³-hybridized carbons (Fsp3) is 0.600. The van der Waals surface area contributed by atoms with Gasteiger partial charge >= 0.3 is 0 Å². The van der Waals surface area contributed by atoms with E-state index in [1.165, 1.54) is 6.07 Å². The van der Waals surface area contributed by atoms with Crippen LogP contribution in [0.5, 0.6) is 0 Å². The van der Waals surface area contributed by atoms with Crippen LogP contribution < -0.4 is 5.73 Å². The van der Waals surface area contributed by atoms with Crippen LogP contribution in [0.4, 0.5) is 4.39 Å². The second-order valence-corrected chi connectivity index (χ2v) is 7.38. The number of hydrogen-bond acceptors (Lipinski definition) is 2. The Morgan fingerprint density at radius 3 is 2.47 bits per heavy atom. The third kappa shape index (κ3) is 3.01. The molecule has 1 aliphatic rings. The first-order chi connectivity index (χ1) is 8.62. The van der Waals surface area contributed by atoms with Crippen molar-refractivity contribution >= 4 is 15.9 Å². The number of nitrogens with two attached hydrogens (primary N) is 1. The summed E-state index contributed by atoms with van der Waals surface area (Å²) in [5.74, 6) is -0.166. The van der Waals surface area contributed by atoms with Gasteiger partial charge in [-0.3, -0.25) is 0 Å². The van der Waals surface area contributed by atoms with Crippen LogP contribution in [0.2, 0.25) is 0 Å². The van der Waals surface area contributed by atoms with Gasteiger partial charge in [0.25, 0.3) is 0 Å². The summed E-state index contributed by atoms with van der Waals surface area (Å²) in [4.78, 5) is 0. The Balaban J connectivity index is 2.31. The molecule has 0 bridgehead atoms. The minimum atomic E-state index is -0.357. The molecule has 19 heavy (non-hydrogen) atoms. The normalized spacial score (nSPS) is 26.4. The number of ether oxygens (including phenoxy) is 1. The first-order valence-corrected chi connectivity index (χ1v) is 7.32. The molecule has 0 amide bonds. The molecule has 1 aromatic rings. The predicted octanol–water partition coefficient (Wildman–Crippen LogP) is 4.18. The molecule has 0 aromatic heterocycles. The number of hydrogen-bond donors (Lipinski definition) is 1. The molecule has 1 heterocycles. The van der Waals surface area contributed by atoms with Gasteiger partial charge in [-0.05, 0) is 46.2 Å². The molecule has 0 saturated carbocycles. The van der Waals surface area contributed by atoms with Gasteiger partial charge in [0, 0.05) is 22.0 Å². The van der Waals surface area contributed by atoms with Crippen molar-refractivity contribution in [3.8, 4) is 0 Å². The number of benzene rings is 1. The maximum Gasteiger partial charge on any atom is 0.129 e. The molecule has 4 heteroatoms. The molecule has 2 atom stereocenters. The minimum Gasteiger partial charge on any atom is -0.369 e. The van der Waals surface area contributed by atoms with E-state index in [0.29, 0.717) is 5.56 Å². The van der Waals surface area contributed by atoms with Crippen LogP contribution in [-0.2, 0) is 4.74 Å². The van der Waals surface area contributed by atoms with Gasteiger partial charge in [-0.1, -0.05) is 22.0 Å². The lowest BCUT2D eigenvalue weighted by Gasteiger charge is -2.31. The molecule has 0 aliphatic carbocycles. The van der Waals surface area contributed by atoms with Crippen molar-refractivity contribution in [1.29, 1.82) is 0 Å². The number of rotatable bonds is 2. The monoisotopic (exact) mass is 329 g/mol. The molecular formula is C15H21BrFNO. The molecule has 1 aromatic carbocycles. The summed E-state index contributed by atoms with van der Waals surface area (Å²) in [7, 11) is 0. The van der Waals surface area contributed by atoms with E-state index in [0.717, 1.165) is 10.9 Å². The third-order valence-corrected chi connectivity index (χ3v) is 4.39. The van der Waals surface area contributed by atoms with Gasteiger partial charge < -0.3 is 10.5 Å². The topological polar surface area (TPSA) is 35.2 Å². The van der Waals surface area contributed by atoms with Gasteiger partial charge in [0.15, 0.2) is 0 Å². The van der Waals surface area contributed by atoms with E-state index in [1.54, 1.807) is 6.07 Å². The summed E-state index contributed by atoms with van der Waals surface area (Å²) in [5, 5.41) is 0. The van der Waals surface area contributed by atoms with Crippen LogP contribution in [0.1, 0.15) is 45.7 Å². The molecular weight excluding hydrogens is 309 g/mol. The van der Waals surface area contributed by atoms with Crippen LogP contribution in [0.15, 0.2) is 22.7 Å². The summed E-state index contributed by atoms with van der Waals surface area (Å²) >= 11 is 3.26. The summed E-state index contributed by atoms with van der Waals surface area (Å²) in [6.07, 6.45) is 0.830. The maximum atomic E-state index is 14.0. The van der Waals surface area contributed by atoms with Gasteiger partial charge in [0.2, 0.25) is 0 Å². The highest BCUT2D eigenvalue weighted by Gasteiger charge is 2.48. The van der Waals surface area contributed by atoms with Gasteiger partial charge in [-0.2, -0.15) is 0 Å². The SMILES string of the molecule is CC1(C)CC(C(N)c2ccc(Br)cc2F)C(C)(C)O1. The van der Waals surface area contributed by atoms with E-state index in [4.69, 9.17) is 10.5 Å². The van der Waals surface area contributed by atoms with Crippen LogP contribution in [0.25, 0.3) is 0 Å². The van der Waals surface area contributed by atoms with Crippen LogP contribution >= 0.6 is 15.9 Å². The molecule has 1 saturated heterocycles. The van der Waals surface area contributed by atoms with Crippen molar-refractivity contribution in [2.75, 3.05) is 0 Å². The van der Waals surface area contributed by atoms with Crippen molar-refractivity contribution in [2.45, 2.75) is 51.4 Å². The fourth-order valence-corrected chi connectivity index (χ4v) is 3.49. The lowest BCUT2D eigenvalue weighted by molar-refractivity contribution is -0.0768. The van der Waals surface area contributed by atoms with Crippen molar-refractivity contribution < 1.29 is 9.13 Å². The summed E-state index contributed by atoms with van der Waals surface area (Å²) < 4.78 is 20.8. The lowest BCUT2D eigenvalue weighted by atomic mass is 9.79. The van der Waals surface area contributed by atoms with Crippen molar-refractivity contribution in [3.05, 3.63) is 34.1 Å². The molecule has 2 rings (SSSR count). The Hall–Kier alpha value is -0.450. The average Bonchev–Trinajstić information content (AvgIpc) is 2.45. The van der Waals surface area contributed by atoms with E-state index in [-0.39, 0.29) is 29.0 Å². The van der Waals surface area contributed by atoms with Gasteiger partial charge in [-0.15, -0.1) is 0 Å². The molecule has 1 fully saturated rings. The van der Waals surface area contributed by atoms with Gasteiger partial charge in [-0.25, -0.2) is 4.39 Å². The first-order valence-electron chi connectivity index (χ1n) is 6.53. The maximum absolute atomic E-state index is 14.0. The lowest BCUT2D eigenvalue weighted by Crippen LogP contribution is -2.36. The van der Waals surface area contributed by atoms with Crippen molar-refractivity contribution in [3.63, 3.8) is 0 Å². The molecule has 0 spiro atoms. The Bertz CT molecular complexity index is 487. The molecule has 2 N–H and O–H groups in total. The standard InChI is InChI=1S/C15H21BrFNO/c1-14(2)8-11(15(3,4)19-14)13(18)10-6-5-9(16)7-12(10)17/h5-7,11,13H,8,18H2,1-4H3. The molecule has 106 valence electrons. The predicted molar refractivity (Wildman–Crippen MR) is 78.4 cm³/mol. The Kier molecular flexibility index (Phi) is 3.80. The van der Waals surface area contributed by atoms with Crippen LogP contribution in [-0.4, -0.2) is 11.2 Å². The molecule has 0 radical (unpaired) electrons. The van der Waals surface area contributed by atoms with Crippen molar-refractivity contribution in [2.24, 2.45) is 11.7 Å². The highest BCUT2D eigenvalue weighted by molar-refractivity contribution is 9.10. The molecule has 2 unspecified atom stereocenters. The summed E-state index contributed by atoms with van der Waals surface area (Å²) in [6, 6.07) is 4.69. The zero-order chi connectivity index (χ0) is 14.4. The van der Waals surface area contributed by atoms with E-state index in [1.807, 2.05) is 19.9 Å². The van der Waals surface area contributed by atoms with E-state index < -0.39 is 0 Å². The van der Waals surface area contributed by atoms with E-state index in [2.05, 4.69) is 29.8 Å². The van der Waals surface area contributed by atoms with Gasteiger partial charge in [0.05, 0.1) is 11.2 Å². The summed E-state index contributed by atoms with van der Waals surface area (Å²) in [5.41, 5.74) is 6.32. The quantitative estimate of drug-likeness (QED) is 0.883. The number of halogens is 2. The van der Waals surface area contributed by atoms with E-state index in [9.17, 15) is 4.39 Å². The van der Waals surface area contributed by atoms with Crippen LogP contribution in [0, 0.1) is 11.7 Å².